The van der Waals surface area contributed by atoms with Crippen LogP contribution in [0.4, 0.5) is 5.69 Å². The van der Waals surface area contributed by atoms with E-state index in [1.165, 1.54) is 25.4 Å². The summed E-state index contributed by atoms with van der Waals surface area (Å²) in [7, 11) is -2.47. The SMILES string of the molecule is Cn1ncc(Cl)c1S(=O)(=O)Nc1cc(Br)ccc1C#N. The maximum Gasteiger partial charge on any atom is 0.280 e. The lowest BCUT2D eigenvalue weighted by Crippen LogP contribution is -2.17. The number of aromatic nitrogens is 2. The number of anilines is 1. The van der Waals surface area contributed by atoms with Crippen LogP contribution in [-0.4, -0.2) is 18.2 Å². The summed E-state index contributed by atoms with van der Waals surface area (Å²) < 4.78 is 28.7. The molecular formula is C11H8BrClN4O2S. The molecule has 0 fully saturated rings. The van der Waals surface area contributed by atoms with Gasteiger partial charge in [-0.25, -0.2) is 0 Å². The molecule has 0 radical (unpaired) electrons. The summed E-state index contributed by atoms with van der Waals surface area (Å²) in [4.78, 5) is 0. The van der Waals surface area contributed by atoms with Gasteiger partial charge in [-0.3, -0.25) is 9.40 Å². The molecule has 0 amide bonds. The second-order valence-corrected chi connectivity index (χ2v) is 6.75. The minimum absolute atomic E-state index is 0.00787. The lowest BCUT2D eigenvalue weighted by atomic mass is 10.2. The number of nitrogens with zero attached hydrogens (tertiary/aromatic N) is 3. The van der Waals surface area contributed by atoms with Crippen molar-refractivity contribution in [2.75, 3.05) is 4.72 Å². The second-order valence-electron chi connectivity index (χ2n) is 3.83. The van der Waals surface area contributed by atoms with Crippen molar-refractivity contribution in [2.45, 2.75) is 5.03 Å². The number of hydrogen-bond acceptors (Lipinski definition) is 4. The number of sulfonamides is 1. The van der Waals surface area contributed by atoms with Gasteiger partial charge in [-0.15, -0.1) is 0 Å². The van der Waals surface area contributed by atoms with Crippen molar-refractivity contribution in [3.05, 3.63) is 39.5 Å². The fourth-order valence-electron chi connectivity index (χ4n) is 1.59. The maximum absolute atomic E-state index is 12.3. The van der Waals surface area contributed by atoms with E-state index in [2.05, 4.69) is 25.8 Å². The molecule has 1 aromatic carbocycles. The van der Waals surface area contributed by atoms with Crippen molar-refractivity contribution in [1.82, 2.24) is 9.78 Å². The zero-order chi connectivity index (χ0) is 14.9. The third kappa shape index (κ3) is 2.80. The van der Waals surface area contributed by atoms with Crippen LogP contribution in [0, 0.1) is 11.3 Å². The highest BCUT2D eigenvalue weighted by molar-refractivity contribution is 9.10. The number of benzene rings is 1. The summed E-state index contributed by atoms with van der Waals surface area (Å²) in [6, 6.07) is 6.57. The van der Waals surface area contributed by atoms with Gasteiger partial charge >= 0.3 is 0 Å². The molecular weight excluding hydrogens is 368 g/mol. The summed E-state index contributed by atoms with van der Waals surface area (Å²) in [5.41, 5.74) is 0.370. The molecule has 1 heterocycles. The smallest absolute Gasteiger partial charge is 0.277 e. The van der Waals surface area contributed by atoms with Crippen LogP contribution >= 0.6 is 27.5 Å². The molecule has 6 nitrogen and oxygen atoms in total. The second kappa shape index (κ2) is 5.44. The first-order chi connectivity index (χ1) is 9.35. The monoisotopic (exact) mass is 374 g/mol. The predicted octanol–water partition coefficient (Wildman–Crippen LogP) is 2.51. The molecule has 0 bridgehead atoms. The first-order valence-corrected chi connectivity index (χ1v) is 7.90. The van der Waals surface area contributed by atoms with E-state index in [4.69, 9.17) is 16.9 Å². The Labute approximate surface area is 129 Å². The van der Waals surface area contributed by atoms with Gasteiger partial charge in [0.05, 0.1) is 22.5 Å². The number of hydrogen-bond donors (Lipinski definition) is 1. The molecule has 1 aromatic heterocycles. The molecule has 2 aromatic rings. The van der Waals surface area contributed by atoms with Crippen LogP contribution in [0.25, 0.3) is 0 Å². The van der Waals surface area contributed by atoms with Crippen molar-refractivity contribution in [2.24, 2.45) is 7.05 Å². The highest BCUT2D eigenvalue weighted by Crippen LogP contribution is 2.26. The largest absolute Gasteiger partial charge is 0.280 e. The summed E-state index contributed by atoms with van der Waals surface area (Å²) in [5, 5.41) is 12.6. The molecule has 0 unspecified atom stereocenters. The Kier molecular flexibility index (Phi) is 4.04. The van der Waals surface area contributed by atoms with Gasteiger partial charge in [0.1, 0.15) is 6.07 Å². The lowest BCUT2D eigenvalue weighted by molar-refractivity contribution is 0.582. The minimum atomic E-state index is -3.93. The zero-order valence-corrected chi connectivity index (χ0v) is 13.3. The molecule has 0 aliphatic carbocycles. The number of rotatable bonds is 3. The van der Waals surface area contributed by atoms with E-state index in [1.54, 1.807) is 6.07 Å². The van der Waals surface area contributed by atoms with Crippen LogP contribution in [0.3, 0.4) is 0 Å². The number of nitrogens with one attached hydrogen (secondary N) is 1. The summed E-state index contributed by atoms with van der Waals surface area (Å²) in [6.07, 6.45) is 1.24. The van der Waals surface area contributed by atoms with Crippen molar-refractivity contribution in [1.29, 1.82) is 5.26 Å². The van der Waals surface area contributed by atoms with Gasteiger partial charge in [0.15, 0.2) is 5.03 Å². The molecule has 9 heteroatoms. The Morgan fingerprint density at radius 3 is 2.75 bits per heavy atom. The van der Waals surface area contributed by atoms with Gasteiger partial charge in [-0.05, 0) is 18.2 Å². The molecule has 2 rings (SSSR count). The van der Waals surface area contributed by atoms with Crippen LogP contribution < -0.4 is 4.72 Å². The van der Waals surface area contributed by atoms with Crippen molar-refractivity contribution >= 4 is 43.2 Å². The average molecular weight is 376 g/mol. The minimum Gasteiger partial charge on any atom is -0.277 e. The van der Waals surface area contributed by atoms with E-state index in [0.717, 1.165) is 4.68 Å². The number of nitriles is 1. The molecule has 0 saturated heterocycles. The van der Waals surface area contributed by atoms with E-state index >= 15 is 0 Å². The molecule has 0 atom stereocenters. The van der Waals surface area contributed by atoms with Crippen molar-refractivity contribution < 1.29 is 8.42 Å². The van der Waals surface area contributed by atoms with E-state index < -0.39 is 10.0 Å². The Hall–Kier alpha value is -1.56. The van der Waals surface area contributed by atoms with Crippen molar-refractivity contribution in [3.8, 4) is 6.07 Å². The topological polar surface area (TPSA) is 87.8 Å². The van der Waals surface area contributed by atoms with E-state index in [1.807, 2.05) is 6.07 Å². The molecule has 20 heavy (non-hydrogen) atoms. The Bertz CT molecular complexity index is 791. The molecule has 0 spiro atoms. The Balaban J connectivity index is 2.50. The quantitative estimate of drug-likeness (QED) is 0.893. The van der Waals surface area contributed by atoms with Gasteiger partial charge < -0.3 is 0 Å². The summed E-state index contributed by atoms with van der Waals surface area (Å²) in [6.45, 7) is 0. The summed E-state index contributed by atoms with van der Waals surface area (Å²) >= 11 is 9.05. The first-order valence-electron chi connectivity index (χ1n) is 5.25. The fraction of sp³-hybridized carbons (Fsp3) is 0.0909. The highest BCUT2D eigenvalue weighted by atomic mass is 79.9. The van der Waals surface area contributed by atoms with Crippen LogP contribution in [0.1, 0.15) is 5.56 Å². The van der Waals surface area contributed by atoms with E-state index in [-0.39, 0.29) is 21.3 Å². The average Bonchev–Trinajstić information content (AvgIpc) is 2.69. The maximum atomic E-state index is 12.3. The van der Waals surface area contributed by atoms with Gasteiger partial charge in [-0.1, -0.05) is 27.5 Å². The summed E-state index contributed by atoms with van der Waals surface area (Å²) in [5.74, 6) is 0. The zero-order valence-electron chi connectivity index (χ0n) is 10.1. The third-order valence-corrected chi connectivity index (χ3v) is 4.81. The van der Waals surface area contributed by atoms with E-state index in [9.17, 15) is 8.42 Å². The Morgan fingerprint density at radius 1 is 1.50 bits per heavy atom. The van der Waals surface area contributed by atoms with Crippen LogP contribution in [0.5, 0.6) is 0 Å². The molecule has 0 saturated carbocycles. The van der Waals surface area contributed by atoms with Gasteiger partial charge in [0, 0.05) is 11.5 Å². The fourth-order valence-corrected chi connectivity index (χ4v) is 3.68. The Morgan fingerprint density at radius 2 is 2.20 bits per heavy atom. The first kappa shape index (κ1) is 14.8. The van der Waals surface area contributed by atoms with Gasteiger partial charge in [0.25, 0.3) is 10.0 Å². The van der Waals surface area contributed by atoms with Crippen LogP contribution in [0.15, 0.2) is 33.9 Å². The van der Waals surface area contributed by atoms with Crippen LogP contribution in [0.2, 0.25) is 5.02 Å². The van der Waals surface area contributed by atoms with Gasteiger partial charge in [0.2, 0.25) is 0 Å². The standard InChI is InChI=1S/C11H8BrClN4O2S/c1-17-11(9(13)6-15-17)20(18,19)16-10-4-8(12)3-2-7(10)5-14/h2-4,6,16H,1H3. The van der Waals surface area contributed by atoms with E-state index in [0.29, 0.717) is 4.47 Å². The molecule has 0 aliphatic heterocycles. The van der Waals surface area contributed by atoms with Crippen LogP contribution in [-0.2, 0) is 17.1 Å². The van der Waals surface area contributed by atoms with Crippen molar-refractivity contribution in [3.63, 3.8) is 0 Å². The normalized spacial score (nSPS) is 11.1. The van der Waals surface area contributed by atoms with Gasteiger partial charge in [-0.2, -0.15) is 18.8 Å². The third-order valence-electron chi connectivity index (χ3n) is 2.44. The number of aryl methyl sites for hydroxylation is 1. The highest BCUT2D eigenvalue weighted by Gasteiger charge is 2.23. The molecule has 104 valence electrons. The predicted molar refractivity (Wildman–Crippen MR) is 77.9 cm³/mol. The number of halogens is 2. The molecule has 1 N–H and O–H groups in total. The molecule has 0 aliphatic rings. The lowest BCUT2D eigenvalue weighted by Gasteiger charge is -2.10.